The Morgan fingerprint density at radius 3 is 2.10 bits per heavy atom. The molecule has 0 bridgehead atoms. The highest BCUT2D eigenvalue weighted by Crippen LogP contribution is 2.28. The van der Waals surface area contributed by atoms with Crippen molar-refractivity contribution in [3.8, 4) is 0 Å². The van der Waals surface area contributed by atoms with E-state index in [0.717, 1.165) is 5.56 Å². The van der Waals surface area contributed by atoms with Crippen molar-refractivity contribution in [2.75, 3.05) is 13.2 Å². The first-order valence-electron chi connectivity index (χ1n) is 9.73. The van der Waals surface area contributed by atoms with E-state index in [1.807, 2.05) is 30.3 Å². The van der Waals surface area contributed by atoms with Crippen LogP contribution in [0.4, 0.5) is 0 Å². The van der Waals surface area contributed by atoms with Gasteiger partial charge < -0.3 is 55.3 Å². The van der Waals surface area contributed by atoms with Crippen LogP contribution in [0.1, 0.15) is 5.56 Å². The van der Waals surface area contributed by atoms with E-state index >= 15 is 0 Å². The lowest BCUT2D eigenvalue weighted by Gasteiger charge is -2.46. The van der Waals surface area contributed by atoms with Gasteiger partial charge in [0.05, 0.1) is 19.3 Å². The molecule has 2 fully saturated rings. The average Bonchev–Trinajstić information content (AvgIpc) is 2.76. The average molecular weight is 431 g/mol. The van der Waals surface area contributed by atoms with Crippen molar-refractivity contribution in [2.45, 2.75) is 67.9 Å². The molecule has 170 valence electrons. The summed E-state index contributed by atoms with van der Waals surface area (Å²) in [5.41, 5.74) is 0.896. The third-order valence-electron chi connectivity index (χ3n) is 5.40. The van der Waals surface area contributed by atoms with Crippen molar-refractivity contribution in [1.29, 1.82) is 0 Å². The molecule has 2 heterocycles. The fourth-order valence-corrected chi connectivity index (χ4v) is 3.64. The van der Waals surface area contributed by atoms with Gasteiger partial charge in [0, 0.05) is 6.54 Å². The summed E-state index contributed by atoms with van der Waals surface area (Å²) in [7, 11) is 0. The van der Waals surface area contributed by atoms with E-state index in [2.05, 4.69) is 5.32 Å². The maximum Gasteiger partial charge on any atom is 0.187 e. The van der Waals surface area contributed by atoms with E-state index in [-0.39, 0.29) is 0 Å². The normalized spacial score (nSPS) is 42.2. The third-order valence-corrected chi connectivity index (χ3v) is 5.40. The Labute approximate surface area is 173 Å². The SMILES string of the molecule is OCC1O[C@@H](O[C@@H]2C(CO)O[C@@H](O)C(NCc3ccccc3)C2O)C(O)C(O)[C@H]1O. The minimum Gasteiger partial charge on any atom is -0.394 e. The van der Waals surface area contributed by atoms with Crippen LogP contribution in [0.2, 0.25) is 0 Å². The lowest BCUT2D eigenvalue weighted by Crippen LogP contribution is -2.66. The molecule has 1 aromatic carbocycles. The zero-order valence-corrected chi connectivity index (χ0v) is 16.1. The van der Waals surface area contributed by atoms with Crippen molar-refractivity contribution in [2.24, 2.45) is 0 Å². The quantitative estimate of drug-likeness (QED) is 0.214. The molecular formula is C19H29NO10. The summed E-state index contributed by atoms with van der Waals surface area (Å²) < 4.78 is 16.3. The number of hydrogen-bond donors (Lipinski definition) is 8. The zero-order valence-electron chi connectivity index (χ0n) is 16.1. The molecule has 0 amide bonds. The number of aliphatic hydroxyl groups is 7. The second-order valence-electron chi connectivity index (χ2n) is 7.43. The van der Waals surface area contributed by atoms with Crippen molar-refractivity contribution < 1.29 is 50.0 Å². The molecule has 3 rings (SSSR count). The van der Waals surface area contributed by atoms with Gasteiger partial charge in [-0.3, -0.25) is 0 Å². The second kappa shape index (κ2) is 10.4. The standard InChI is InChI=1S/C19H29NO10/c21-7-10-13(23)15(25)16(26)19(29-10)30-17-11(8-22)28-18(27)12(14(17)24)20-6-9-4-2-1-3-5-9/h1-5,10-27H,6-8H2/t10?,11?,12?,13-,14?,15?,16?,17+,18+,19-/m0/s1. The predicted molar refractivity (Wildman–Crippen MR) is 99.7 cm³/mol. The molecule has 10 atom stereocenters. The Kier molecular flexibility index (Phi) is 8.12. The minimum absolute atomic E-state index is 0.305. The fourth-order valence-electron chi connectivity index (χ4n) is 3.64. The maximum atomic E-state index is 10.8. The highest BCUT2D eigenvalue weighted by atomic mass is 16.7. The van der Waals surface area contributed by atoms with Gasteiger partial charge in [-0.25, -0.2) is 0 Å². The van der Waals surface area contributed by atoms with Gasteiger partial charge in [0.15, 0.2) is 12.6 Å². The maximum absolute atomic E-state index is 10.8. The van der Waals surface area contributed by atoms with Gasteiger partial charge in [-0.15, -0.1) is 0 Å². The molecule has 11 nitrogen and oxygen atoms in total. The van der Waals surface area contributed by atoms with Crippen LogP contribution in [0.3, 0.4) is 0 Å². The largest absolute Gasteiger partial charge is 0.394 e. The van der Waals surface area contributed by atoms with Gasteiger partial charge >= 0.3 is 0 Å². The summed E-state index contributed by atoms with van der Waals surface area (Å²) in [6, 6.07) is 8.25. The van der Waals surface area contributed by atoms with Crippen LogP contribution in [0.15, 0.2) is 30.3 Å². The molecule has 2 aliphatic heterocycles. The lowest BCUT2D eigenvalue weighted by atomic mass is 9.95. The van der Waals surface area contributed by atoms with Gasteiger partial charge in [0.25, 0.3) is 0 Å². The van der Waals surface area contributed by atoms with Crippen LogP contribution in [-0.2, 0) is 20.8 Å². The van der Waals surface area contributed by atoms with Crippen molar-refractivity contribution in [3.63, 3.8) is 0 Å². The molecule has 1 aromatic rings. The molecule has 30 heavy (non-hydrogen) atoms. The highest BCUT2D eigenvalue weighted by molar-refractivity contribution is 5.14. The summed E-state index contributed by atoms with van der Waals surface area (Å²) in [5, 5.41) is 72.9. The number of rotatable bonds is 7. The Morgan fingerprint density at radius 1 is 0.800 bits per heavy atom. The number of benzene rings is 1. The van der Waals surface area contributed by atoms with Gasteiger partial charge in [-0.2, -0.15) is 0 Å². The molecule has 0 spiro atoms. The number of aliphatic hydroxyl groups excluding tert-OH is 7. The van der Waals surface area contributed by atoms with Crippen LogP contribution in [0.5, 0.6) is 0 Å². The molecule has 2 aliphatic rings. The summed E-state index contributed by atoms with van der Waals surface area (Å²) >= 11 is 0. The molecular weight excluding hydrogens is 402 g/mol. The smallest absolute Gasteiger partial charge is 0.187 e. The number of ether oxygens (including phenoxy) is 3. The van der Waals surface area contributed by atoms with E-state index < -0.39 is 74.6 Å². The summed E-state index contributed by atoms with van der Waals surface area (Å²) in [6.45, 7) is -0.945. The van der Waals surface area contributed by atoms with Gasteiger partial charge in [-0.05, 0) is 5.56 Å². The molecule has 0 radical (unpaired) electrons. The van der Waals surface area contributed by atoms with E-state index in [0.29, 0.717) is 6.54 Å². The number of hydrogen-bond acceptors (Lipinski definition) is 11. The van der Waals surface area contributed by atoms with Crippen LogP contribution in [-0.4, -0.2) is 110 Å². The van der Waals surface area contributed by atoms with E-state index in [1.54, 1.807) is 0 Å². The zero-order chi connectivity index (χ0) is 21.8. The molecule has 2 saturated heterocycles. The topological polar surface area (TPSA) is 181 Å². The molecule has 6 unspecified atom stereocenters. The first-order chi connectivity index (χ1) is 14.4. The Hall–Kier alpha value is -1.22. The van der Waals surface area contributed by atoms with E-state index in [9.17, 15) is 35.7 Å². The fraction of sp³-hybridized carbons (Fsp3) is 0.684. The minimum atomic E-state index is -1.68. The van der Waals surface area contributed by atoms with E-state index in [1.165, 1.54) is 0 Å². The molecule has 0 saturated carbocycles. The number of nitrogens with one attached hydrogen (secondary N) is 1. The molecule has 11 heteroatoms. The van der Waals surface area contributed by atoms with Gasteiger partial charge in [0.2, 0.25) is 0 Å². The van der Waals surface area contributed by atoms with Crippen LogP contribution in [0.25, 0.3) is 0 Å². The van der Waals surface area contributed by atoms with Gasteiger partial charge in [0.1, 0.15) is 42.7 Å². The Bertz CT molecular complexity index is 649. The summed E-state index contributed by atoms with van der Waals surface area (Å²) in [5.74, 6) is 0. The van der Waals surface area contributed by atoms with Crippen LogP contribution < -0.4 is 5.32 Å². The Morgan fingerprint density at radius 2 is 1.47 bits per heavy atom. The van der Waals surface area contributed by atoms with Crippen molar-refractivity contribution >= 4 is 0 Å². The highest BCUT2D eigenvalue weighted by Gasteiger charge is 2.50. The van der Waals surface area contributed by atoms with Gasteiger partial charge in [-0.1, -0.05) is 30.3 Å². The molecule has 0 aliphatic carbocycles. The monoisotopic (exact) mass is 431 g/mol. The summed E-state index contributed by atoms with van der Waals surface area (Å²) in [6.07, 6.45) is -12.9. The van der Waals surface area contributed by atoms with Crippen LogP contribution in [0, 0.1) is 0 Å². The van der Waals surface area contributed by atoms with Crippen molar-refractivity contribution in [1.82, 2.24) is 5.32 Å². The van der Waals surface area contributed by atoms with E-state index in [4.69, 9.17) is 14.2 Å². The second-order valence-corrected chi connectivity index (χ2v) is 7.43. The third kappa shape index (κ3) is 4.98. The molecule has 0 aromatic heterocycles. The van der Waals surface area contributed by atoms with Crippen LogP contribution >= 0.6 is 0 Å². The predicted octanol–water partition coefficient (Wildman–Crippen LogP) is -3.60. The first kappa shape index (κ1) is 23.4. The first-order valence-corrected chi connectivity index (χ1v) is 9.73. The molecule has 8 N–H and O–H groups in total. The lowest BCUT2D eigenvalue weighted by molar-refractivity contribution is -0.345. The van der Waals surface area contributed by atoms with Crippen molar-refractivity contribution in [3.05, 3.63) is 35.9 Å². The Balaban J connectivity index is 1.71. The summed E-state index contributed by atoms with van der Waals surface area (Å²) in [4.78, 5) is 0.